The highest BCUT2D eigenvalue weighted by Gasteiger charge is 2.18. The van der Waals surface area contributed by atoms with E-state index in [0.717, 1.165) is 25.7 Å². The van der Waals surface area contributed by atoms with E-state index < -0.39 is 0 Å². The Balaban J connectivity index is 1.94. The number of nitrogens with zero attached hydrogens (tertiary/aromatic N) is 2. The SMILES string of the molecule is CN(C)CCNCCN(C)C1CCCC1. The van der Waals surface area contributed by atoms with Crippen LogP contribution in [0.1, 0.15) is 25.7 Å². The molecule has 15 heavy (non-hydrogen) atoms. The van der Waals surface area contributed by atoms with Crippen molar-refractivity contribution < 1.29 is 0 Å². The van der Waals surface area contributed by atoms with Gasteiger partial charge in [0.1, 0.15) is 0 Å². The van der Waals surface area contributed by atoms with Crippen LogP contribution in [0.15, 0.2) is 0 Å². The third-order valence-corrected chi connectivity index (χ3v) is 3.33. The van der Waals surface area contributed by atoms with Crippen molar-refractivity contribution in [1.29, 1.82) is 0 Å². The topological polar surface area (TPSA) is 18.5 Å². The fourth-order valence-corrected chi connectivity index (χ4v) is 2.21. The summed E-state index contributed by atoms with van der Waals surface area (Å²) in [5.74, 6) is 0. The molecule has 1 aliphatic carbocycles. The molecular weight excluding hydrogens is 186 g/mol. The number of rotatable bonds is 7. The Morgan fingerprint density at radius 2 is 1.60 bits per heavy atom. The Kier molecular flexibility index (Phi) is 6.22. The van der Waals surface area contributed by atoms with Crippen LogP contribution in [0.25, 0.3) is 0 Å². The first kappa shape index (κ1) is 12.9. The van der Waals surface area contributed by atoms with Gasteiger partial charge >= 0.3 is 0 Å². The molecule has 1 saturated carbocycles. The second-order valence-corrected chi connectivity index (χ2v) is 4.97. The molecular formula is C12H27N3. The van der Waals surface area contributed by atoms with Crippen molar-refractivity contribution in [2.45, 2.75) is 31.7 Å². The van der Waals surface area contributed by atoms with E-state index in [1.54, 1.807) is 0 Å². The van der Waals surface area contributed by atoms with Gasteiger partial charge in [-0.2, -0.15) is 0 Å². The molecule has 0 aliphatic heterocycles. The molecule has 1 aliphatic rings. The molecule has 0 bridgehead atoms. The third kappa shape index (κ3) is 5.50. The fraction of sp³-hybridized carbons (Fsp3) is 1.00. The van der Waals surface area contributed by atoms with E-state index in [1.807, 2.05) is 0 Å². The number of likely N-dealkylation sites (N-methyl/N-ethyl adjacent to an activating group) is 2. The van der Waals surface area contributed by atoms with Gasteiger partial charge in [-0.25, -0.2) is 0 Å². The molecule has 0 atom stereocenters. The summed E-state index contributed by atoms with van der Waals surface area (Å²) in [6.07, 6.45) is 5.69. The van der Waals surface area contributed by atoms with Crippen LogP contribution in [0.2, 0.25) is 0 Å². The zero-order chi connectivity index (χ0) is 11.1. The summed E-state index contributed by atoms with van der Waals surface area (Å²) in [5.41, 5.74) is 0. The highest BCUT2D eigenvalue weighted by atomic mass is 15.1. The van der Waals surface area contributed by atoms with E-state index >= 15 is 0 Å². The van der Waals surface area contributed by atoms with Crippen LogP contribution in [-0.2, 0) is 0 Å². The molecule has 0 saturated heterocycles. The number of hydrogen-bond donors (Lipinski definition) is 1. The van der Waals surface area contributed by atoms with Gasteiger partial charge in [-0.1, -0.05) is 12.8 Å². The van der Waals surface area contributed by atoms with E-state index in [0.29, 0.717) is 0 Å². The summed E-state index contributed by atoms with van der Waals surface area (Å²) in [6.45, 7) is 4.55. The molecule has 1 N–H and O–H groups in total. The highest BCUT2D eigenvalue weighted by molar-refractivity contribution is 4.75. The molecule has 1 rings (SSSR count). The zero-order valence-corrected chi connectivity index (χ0v) is 10.6. The minimum Gasteiger partial charge on any atom is -0.314 e. The van der Waals surface area contributed by atoms with Gasteiger partial charge in [-0.3, -0.25) is 0 Å². The van der Waals surface area contributed by atoms with Gasteiger partial charge in [0.25, 0.3) is 0 Å². The van der Waals surface area contributed by atoms with Crippen molar-refractivity contribution >= 4 is 0 Å². The van der Waals surface area contributed by atoms with Crippen molar-refractivity contribution in [2.75, 3.05) is 47.3 Å². The summed E-state index contributed by atoms with van der Waals surface area (Å²) in [6, 6.07) is 0.862. The van der Waals surface area contributed by atoms with E-state index in [4.69, 9.17) is 0 Å². The Morgan fingerprint density at radius 3 is 2.20 bits per heavy atom. The van der Waals surface area contributed by atoms with Gasteiger partial charge in [0.2, 0.25) is 0 Å². The Morgan fingerprint density at radius 1 is 1.00 bits per heavy atom. The summed E-state index contributed by atoms with van der Waals surface area (Å²) >= 11 is 0. The molecule has 0 aromatic carbocycles. The van der Waals surface area contributed by atoms with Crippen molar-refractivity contribution in [3.63, 3.8) is 0 Å². The van der Waals surface area contributed by atoms with Crippen LogP contribution in [0.4, 0.5) is 0 Å². The average Bonchev–Trinajstić information content (AvgIpc) is 2.69. The Bertz CT molecular complexity index is 153. The van der Waals surface area contributed by atoms with Crippen LogP contribution in [0.5, 0.6) is 0 Å². The van der Waals surface area contributed by atoms with Gasteiger partial charge in [0.05, 0.1) is 0 Å². The lowest BCUT2D eigenvalue weighted by Gasteiger charge is -2.24. The highest BCUT2D eigenvalue weighted by Crippen LogP contribution is 2.21. The van der Waals surface area contributed by atoms with Crippen LogP contribution < -0.4 is 5.32 Å². The average molecular weight is 213 g/mol. The lowest BCUT2D eigenvalue weighted by molar-refractivity contribution is 0.244. The molecule has 0 aromatic heterocycles. The van der Waals surface area contributed by atoms with Crippen LogP contribution in [-0.4, -0.2) is 63.2 Å². The van der Waals surface area contributed by atoms with Gasteiger partial charge in [0.15, 0.2) is 0 Å². The maximum atomic E-state index is 3.49. The van der Waals surface area contributed by atoms with Gasteiger partial charge in [0, 0.05) is 32.2 Å². The zero-order valence-electron chi connectivity index (χ0n) is 10.6. The summed E-state index contributed by atoms with van der Waals surface area (Å²) in [7, 11) is 6.50. The van der Waals surface area contributed by atoms with Gasteiger partial charge < -0.3 is 15.1 Å². The second kappa shape index (κ2) is 7.20. The van der Waals surface area contributed by atoms with E-state index in [2.05, 4.69) is 36.3 Å². The Labute approximate surface area is 94.8 Å². The maximum Gasteiger partial charge on any atom is 0.0107 e. The minimum atomic E-state index is 0.862. The lowest BCUT2D eigenvalue weighted by Crippen LogP contribution is -2.37. The van der Waals surface area contributed by atoms with Crippen molar-refractivity contribution in [3.8, 4) is 0 Å². The molecule has 0 aromatic rings. The first-order valence-corrected chi connectivity index (χ1v) is 6.26. The Hall–Kier alpha value is -0.120. The standard InChI is InChI=1S/C12H27N3/c1-14(2)10-8-13-9-11-15(3)12-6-4-5-7-12/h12-13H,4-11H2,1-3H3. The quantitative estimate of drug-likeness (QED) is 0.637. The molecule has 0 unspecified atom stereocenters. The van der Waals surface area contributed by atoms with Crippen molar-refractivity contribution in [1.82, 2.24) is 15.1 Å². The molecule has 0 radical (unpaired) electrons. The first-order valence-electron chi connectivity index (χ1n) is 6.26. The molecule has 1 fully saturated rings. The van der Waals surface area contributed by atoms with E-state index in [9.17, 15) is 0 Å². The largest absolute Gasteiger partial charge is 0.314 e. The van der Waals surface area contributed by atoms with E-state index in [1.165, 1.54) is 32.2 Å². The number of nitrogens with one attached hydrogen (secondary N) is 1. The van der Waals surface area contributed by atoms with Crippen LogP contribution >= 0.6 is 0 Å². The predicted octanol–water partition coefficient (Wildman–Crippen LogP) is 1.01. The van der Waals surface area contributed by atoms with Crippen LogP contribution in [0.3, 0.4) is 0 Å². The van der Waals surface area contributed by atoms with Gasteiger partial charge in [-0.05, 0) is 34.0 Å². The summed E-state index contributed by atoms with van der Waals surface area (Å²) < 4.78 is 0. The normalized spacial score (nSPS) is 18.2. The third-order valence-electron chi connectivity index (χ3n) is 3.33. The smallest absolute Gasteiger partial charge is 0.0107 e. The molecule has 3 nitrogen and oxygen atoms in total. The minimum absolute atomic E-state index is 0.862. The summed E-state index contributed by atoms with van der Waals surface area (Å²) in [4.78, 5) is 4.74. The second-order valence-electron chi connectivity index (χ2n) is 4.97. The summed E-state index contributed by atoms with van der Waals surface area (Å²) in [5, 5.41) is 3.49. The first-order chi connectivity index (χ1) is 7.20. The van der Waals surface area contributed by atoms with Crippen LogP contribution in [0, 0.1) is 0 Å². The maximum absolute atomic E-state index is 3.49. The van der Waals surface area contributed by atoms with Crippen molar-refractivity contribution in [2.24, 2.45) is 0 Å². The molecule has 90 valence electrons. The predicted molar refractivity (Wildman–Crippen MR) is 66.3 cm³/mol. The van der Waals surface area contributed by atoms with Gasteiger partial charge in [-0.15, -0.1) is 0 Å². The fourth-order valence-electron chi connectivity index (χ4n) is 2.21. The van der Waals surface area contributed by atoms with E-state index in [-0.39, 0.29) is 0 Å². The van der Waals surface area contributed by atoms with Crippen molar-refractivity contribution in [3.05, 3.63) is 0 Å². The molecule has 0 spiro atoms. The number of hydrogen-bond acceptors (Lipinski definition) is 3. The monoisotopic (exact) mass is 213 g/mol. The molecule has 0 heterocycles. The lowest BCUT2D eigenvalue weighted by atomic mass is 10.2. The molecule has 3 heteroatoms. The molecule has 0 amide bonds.